The number of hydrogen-bond donors (Lipinski definition) is 1. The maximum atomic E-state index is 12.0. The summed E-state index contributed by atoms with van der Waals surface area (Å²) in [5.74, 6) is 1.28. The first-order chi connectivity index (χ1) is 10.2. The molecule has 1 N–H and O–H groups in total. The number of fused-ring (bicyclic) bond motifs is 1. The van der Waals surface area contributed by atoms with Gasteiger partial charge in [-0.05, 0) is 31.2 Å². The Balaban J connectivity index is 1.56. The Bertz CT molecular complexity index is 640. The van der Waals surface area contributed by atoms with Crippen molar-refractivity contribution in [1.82, 2.24) is 10.3 Å². The van der Waals surface area contributed by atoms with E-state index >= 15 is 0 Å². The van der Waals surface area contributed by atoms with Gasteiger partial charge in [0.2, 0.25) is 0 Å². The molecule has 108 valence electrons. The topological polar surface area (TPSA) is 60.5 Å². The maximum Gasteiger partial charge on any atom is 0.252 e. The smallest absolute Gasteiger partial charge is 0.252 e. The summed E-state index contributed by atoms with van der Waals surface area (Å²) >= 11 is 0. The molecule has 1 amide bonds. The second kappa shape index (κ2) is 5.83. The van der Waals surface area contributed by atoms with Crippen molar-refractivity contribution in [2.75, 3.05) is 13.2 Å². The van der Waals surface area contributed by atoms with E-state index < -0.39 is 0 Å². The fourth-order valence-electron chi connectivity index (χ4n) is 2.07. The van der Waals surface area contributed by atoms with E-state index in [4.69, 9.17) is 9.47 Å². The van der Waals surface area contributed by atoms with Gasteiger partial charge in [0.25, 0.3) is 5.91 Å². The lowest BCUT2D eigenvalue weighted by atomic mass is 10.2. The number of ether oxygens (including phenoxy) is 2. The van der Waals surface area contributed by atoms with Crippen molar-refractivity contribution >= 4 is 5.91 Å². The predicted molar refractivity (Wildman–Crippen MR) is 77.7 cm³/mol. The lowest BCUT2D eigenvalue weighted by Crippen LogP contribution is -2.40. The number of hydrogen-bond acceptors (Lipinski definition) is 4. The Morgan fingerprint density at radius 2 is 2.10 bits per heavy atom. The summed E-state index contributed by atoms with van der Waals surface area (Å²) in [6.45, 7) is 2.69. The molecule has 5 heteroatoms. The number of pyridine rings is 1. The quantitative estimate of drug-likeness (QED) is 0.936. The summed E-state index contributed by atoms with van der Waals surface area (Å²) < 4.78 is 11.4. The number of nitrogens with zero attached hydrogens (tertiary/aromatic N) is 1. The maximum absolute atomic E-state index is 12.0. The largest absolute Gasteiger partial charge is 0.486 e. The number of carbonyl (C=O) groups excluding carboxylic acids is 1. The standard InChI is InChI=1S/C16H16N2O3/c1-11-6-7-12(8-17-11)16(19)18-9-13-10-20-14-4-2-3-5-15(14)21-13/h2-8,13H,9-10H2,1H3,(H,18,19). The van der Waals surface area contributed by atoms with E-state index in [2.05, 4.69) is 10.3 Å². The molecule has 0 bridgehead atoms. The van der Waals surface area contributed by atoms with E-state index in [0.29, 0.717) is 24.5 Å². The molecule has 1 aliphatic rings. The molecule has 1 aliphatic heterocycles. The highest BCUT2D eigenvalue weighted by molar-refractivity contribution is 5.93. The zero-order valence-corrected chi connectivity index (χ0v) is 11.7. The molecule has 1 aromatic heterocycles. The van der Waals surface area contributed by atoms with Gasteiger partial charge in [0.05, 0.1) is 12.1 Å². The molecule has 1 aromatic carbocycles. The number of aromatic nitrogens is 1. The lowest BCUT2D eigenvalue weighted by molar-refractivity contribution is 0.0789. The van der Waals surface area contributed by atoms with E-state index in [1.165, 1.54) is 0 Å². The molecule has 5 nitrogen and oxygen atoms in total. The summed E-state index contributed by atoms with van der Waals surface area (Å²) in [6.07, 6.45) is 1.38. The number of amides is 1. The van der Waals surface area contributed by atoms with Crippen LogP contribution in [-0.4, -0.2) is 30.1 Å². The lowest BCUT2D eigenvalue weighted by Gasteiger charge is -2.26. The van der Waals surface area contributed by atoms with E-state index in [1.807, 2.05) is 37.3 Å². The highest BCUT2D eigenvalue weighted by Gasteiger charge is 2.21. The van der Waals surface area contributed by atoms with Gasteiger partial charge < -0.3 is 14.8 Å². The van der Waals surface area contributed by atoms with Crippen LogP contribution in [-0.2, 0) is 0 Å². The second-order valence-corrected chi connectivity index (χ2v) is 4.90. The SMILES string of the molecule is Cc1ccc(C(=O)NCC2COc3ccccc3O2)cn1. The van der Waals surface area contributed by atoms with Crippen molar-refractivity contribution in [3.05, 3.63) is 53.9 Å². The highest BCUT2D eigenvalue weighted by Crippen LogP contribution is 2.30. The Labute approximate surface area is 122 Å². The number of rotatable bonds is 3. The van der Waals surface area contributed by atoms with E-state index in [1.54, 1.807) is 12.3 Å². The van der Waals surface area contributed by atoms with Gasteiger partial charge in [-0.3, -0.25) is 9.78 Å². The molecular formula is C16H16N2O3. The zero-order chi connectivity index (χ0) is 14.7. The third kappa shape index (κ3) is 3.13. The van der Waals surface area contributed by atoms with Gasteiger partial charge in [0, 0.05) is 11.9 Å². The van der Waals surface area contributed by atoms with E-state index in [9.17, 15) is 4.79 Å². The first-order valence-corrected chi connectivity index (χ1v) is 6.82. The van der Waals surface area contributed by atoms with Crippen LogP contribution in [0.2, 0.25) is 0 Å². The molecule has 0 aliphatic carbocycles. The third-order valence-electron chi connectivity index (χ3n) is 3.23. The molecule has 3 rings (SSSR count). The minimum atomic E-state index is -0.192. The van der Waals surface area contributed by atoms with Gasteiger partial charge in [0.1, 0.15) is 12.7 Å². The van der Waals surface area contributed by atoms with Crippen molar-refractivity contribution < 1.29 is 14.3 Å². The Morgan fingerprint density at radius 3 is 2.86 bits per heavy atom. The molecule has 1 atom stereocenters. The van der Waals surface area contributed by atoms with Crippen molar-refractivity contribution in [2.24, 2.45) is 0 Å². The zero-order valence-electron chi connectivity index (χ0n) is 11.7. The first-order valence-electron chi connectivity index (χ1n) is 6.82. The predicted octanol–water partition coefficient (Wildman–Crippen LogP) is 1.96. The molecule has 0 saturated heterocycles. The molecule has 2 heterocycles. The van der Waals surface area contributed by atoms with Crippen LogP contribution in [0.4, 0.5) is 0 Å². The minimum absolute atomic E-state index is 0.162. The fraction of sp³-hybridized carbons (Fsp3) is 0.250. The molecule has 2 aromatic rings. The van der Waals surface area contributed by atoms with Crippen LogP contribution in [0.15, 0.2) is 42.6 Å². The van der Waals surface area contributed by atoms with Gasteiger partial charge in [-0.25, -0.2) is 0 Å². The summed E-state index contributed by atoms with van der Waals surface area (Å²) in [7, 11) is 0. The van der Waals surface area contributed by atoms with Crippen LogP contribution < -0.4 is 14.8 Å². The van der Waals surface area contributed by atoms with Gasteiger partial charge in [-0.1, -0.05) is 12.1 Å². The first kappa shape index (κ1) is 13.4. The van der Waals surface area contributed by atoms with Crippen LogP contribution in [0.25, 0.3) is 0 Å². The summed E-state index contributed by atoms with van der Waals surface area (Å²) in [4.78, 5) is 16.1. The fourth-order valence-corrected chi connectivity index (χ4v) is 2.07. The highest BCUT2D eigenvalue weighted by atomic mass is 16.6. The van der Waals surface area contributed by atoms with Crippen molar-refractivity contribution in [3.63, 3.8) is 0 Å². The van der Waals surface area contributed by atoms with E-state index in [0.717, 1.165) is 11.4 Å². The van der Waals surface area contributed by atoms with Crippen LogP contribution in [0.3, 0.4) is 0 Å². The third-order valence-corrected chi connectivity index (χ3v) is 3.23. The molecule has 0 saturated carbocycles. The second-order valence-electron chi connectivity index (χ2n) is 4.90. The minimum Gasteiger partial charge on any atom is -0.486 e. The van der Waals surface area contributed by atoms with Crippen molar-refractivity contribution in [3.8, 4) is 11.5 Å². The summed E-state index contributed by atoms with van der Waals surface area (Å²) in [5, 5.41) is 2.83. The van der Waals surface area contributed by atoms with Crippen LogP contribution in [0.5, 0.6) is 11.5 Å². The monoisotopic (exact) mass is 284 g/mol. The van der Waals surface area contributed by atoms with Crippen molar-refractivity contribution in [1.29, 1.82) is 0 Å². The number of aryl methyl sites for hydroxylation is 1. The number of nitrogens with one attached hydrogen (secondary N) is 1. The van der Waals surface area contributed by atoms with E-state index in [-0.39, 0.29) is 12.0 Å². The molecule has 0 spiro atoms. The summed E-state index contributed by atoms with van der Waals surface area (Å²) in [5.41, 5.74) is 1.42. The van der Waals surface area contributed by atoms with Crippen LogP contribution in [0, 0.1) is 6.92 Å². The van der Waals surface area contributed by atoms with Gasteiger partial charge in [-0.2, -0.15) is 0 Å². The van der Waals surface area contributed by atoms with Crippen LogP contribution in [0.1, 0.15) is 16.1 Å². The van der Waals surface area contributed by atoms with Gasteiger partial charge >= 0.3 is 0 Å². The number of benzene rings is 1. The van der Waals surface area contributed by atoms with Crippen LogP contribution >= 0.6 is 0 Å². The Kier molecular flexibility index (Phi) is 3.73. The van der Waals surface area contributed by atoms with Crippen molar-refractivity contribution in [2.45, 2.75) is 13.0 Å². The van der Waals surface area contributed by atoms with Gasteiger partial charge in [0.15, 0.2) is 11.5 Å². The summed E-state index contributed by atoms with van der Waals surface area (Å²) in [6, 6.07) is 11.1. The van der Waals surface area contributed by atoms with Gasteiger partial charge in [-0.15, -0.1) is 0 Å². The molecule has 21 heavy (non-hydrogen) atoms. The Hall–Kier alpha value is -2.56. The molecule has 1 unspecified atom stereocenters. The molecule has 0 fully saturated rings. The molecule has 0 radical (unpaired) electrons. The molecular weight excluding hydrogens is 268 g/mol. The number of carbonyl (C=O) groups is 1. The normalized spacial score (nSPS) is 16.3. The average Bonchev–Trinajstić information content (AvgIpc) is 2.53. The Morgan fingerprint density at radius 1 is 1.29 bits per heavy atom. The number of para-hydroxylation sites is 2. The average molecular weight is 284 g/mol.